The number of rotatable bonds is 9. The van der Waals surface area contributed by atoms with Crippen LogP contribution in [-0.4, -0.2) is 123 Å². The molecule has 2 saturated heterocycles. The van der Waals surface area contributed by atoms with Crippen LogP contribution in [0, 0.1) is 22.7 Å². The Balaban J connectivity index is 1.18. The van der Waals surface area contributed by atoms with Gasteiger partial charge in [0.2, 0.25) is 0 Å². The fraction of sp³-hybridized carbons (Fsp3) is 0.854. The minimum Gasteiger partial charge on any atom is -0.458 e. The van der Waals surface area contributed by atoms with E-state index in [-0.39, 0.29) is 44.1 Å². The molecule has 0 aromatic rings. The molecule has 5 fully saturated rings. The van der Waals surface area contributed by atoms with E-state index in [0.717, 1.165) is 11.1 Å². The number of fused-ring (bicyclic) bond motifs is 5. The van der Waals surface area contributed by atoms with Crippen LogP contribution in [-0.2, 0) is 38.0 Å². The number of allylic oxidation sites excluding steroid dienone is 1. The van der Waals surface area contributed by atoms with Crippen molar-refractivity contribution in [3.8, 4) is 0 Å². The predicted molar refractivity (Wildman–Crippen MR) is 195 cm³/mol. The quantitative estimate of drug-likeness (QED) is 0.131. The van der Waals surface area contributed by atoms with Gasteiger partial charge in [-0.1, -0.05) is 38.0 Å². The van der Waals surface area contributed by atoms with Crippen LogP contribution in [0.15, 0.2) is 23.3 Å². The molecule has 6 aliphatic rings. The normalized spacial score (nSPS) is 49.4. The summed E-state index contributed by atoms with van der Waals surface area (Å²) < 4.78 is 36.3. The molecule has 0 spiro atoms. The monoisotopic (exact) mass is 764 g/mol. The van der Waals surface area contributed by atoms with Crippen LogP contribution in [0.2, 0.25) is 0 Å². The minimum atomic E-state index is -2.01. The molecule has 13 nitrogen and oxygen atoms in total. The number of aliphatic hydroxyl groups excluding tert-OH is 2. The summed E-state index contributed by atoms with van der Waals surface area (Å²) in [7, 11) is 1.53. The summed E-state index contributed by atoms with van der Waals surface area (Å²) in [5, 5.41) is 59.0. The molecule has 3 saturated carbocycles. The summed E-state index contributed by atoms with van der Waals surface area (Å²) in [6.07, 6.45) is -0.668. The number of aliphatic hydroxyl groups is 5. The molecule has 6 rings (SSSR count). The Labute approximate surface area is 319 Å². The van der Waals surface area contributed by atoms with Crippen LogP contribution in [0.1, 0.15) is 113 Å². The second-order valence-electron chi connectivity index (χ2n) is 18.0. The Morgan fingerprint density at radius 3 is 2.24 bits per heavy atom. The first-order chi connectivity index (χ1) is 25.1. The lowest BCUT2D eigenvalue weighted by Gasteiger charge is -2.67. The van der Waals surface area contributed by atoms with E-state index in [0.29, 0.717) is 25.7 Å². The number of hydrogen-bond acceptors (Lipinski definition) is 13. The molecule has 0 bridgehead atoms. The maximum atomic E-state index is 13.4. The standard InChI is InChI=1S/C41H64O13/c1-21(2)22(3)16-32(44)53-31-20-30-37(7)12-11-27(17-26(37)10-13-40(30,47)41(48)15-14-39(46,25(6)42)38(31,41)8)52-33-18-28(43)36(24(5)51-33)54-34-19-29(49-9)35(45)23(4)50-34/h10,16,21,23-24,27-31,33-36,43,45-48H,11-15,17-20H2,1-9H3/b22-16+/t23-,24-,27+,28+,29+,30-,31-,33+,34+,35-,36-,37+,38-,39-,40+,41-/m1/s1. The number of carbonyl (C=O) groups excluding carboxylic acids is 2. The number of hydrogen-bond donors (Lipinski definition) is 5. The second-order valence-corrected chi connectivity index (χ2v) is 18.0. The summed E-state index contributed by atoms with van der Waals surface area (Å²) in [5.74, 6) is -1.60. The van der Waals surface area contributed by atoms with Crippen LogP contribution < -0.4 is 0 Å². The van der Waals surface area contributed by atoms with Crippen LogP contribution in [0.3, 0.4) is 0 Å². The molecule has 0 radical (unpaired) electrons. The number of Topliss-reactive ketones (excluding diaryl/α,β-unsaturated/α-hetero) is 1. The molecule has 2 heterocycles. The third-order valence-corrected chi connectivity index (χ3v) is 14.9. The van der Waals surface area contributed by atoms with E-state index in [1.807, 2.05) is 33.8 Å². The van der Waals surface area contributed by atoms with Crippen molar-refractivity contribution in [1.29, 1.82) is 0 Å². The molecule has 4 aliphatic carbocycles. The van der Waals surface area contributed by atoms with Gasteiger partial charge in [0.15, 0.2) is 18.4 Å². The van der Waals surface area contributed by atoms with Crippen LogP contribution in [0.25, 0.3) is 0 Å². The first-order valence-corrected chi connectivity index (χ1v) is 19.9. The van der Waals surface area contributed by atoms with Crippen molar-refractivity contribution in [1.82, 2.24) is 0 Å². The van der Waals surface area contributed by atoms with E-state index in [1.54, 1.807) is 13.8 Å². The van der Waals surface area contributed by atoms with Crippen molar-refractivity contribution in [3.63, 3.8) is 0 Å². The van der Waals surface area contributed by atoms with E-state index in [4.69, 9.17) is 28.4 Å². The second kappa shape index (κ2) is 14.9. The zero-order valence-corrected chi connectivity index (χ0v) is 33.4. The molecule has 0 aromatic carbocycles. The Hall–Kier alpha value is -1.78. The lowest BCUT2D eigenvalue weighted by molar-refractivity contribution is -0.320. The van der Waals surface area contributed by atoms with Gasteiger partial charge in [-0.2, -0.15) is 0 Å². The zero-order chi connectivity index (χ0) is 39.8. The van der Waals surface area contributed by atoms with Gasteiger partial charge in [-0.3, -0.25) is 4.79 Å². The van der Waals surface area contributed by atoms with Gasteiger partial charge in [-0.25, -0.2) is 4.79 Å². The summed E-state index contributed by atoms with van der Waals surface area (Å²) >= 11 is 0. The average molecular weight is 765 g/mol. The van der Waals surface area contributed by atoms with Gasteiger partial charge in [-0.05, 0) is 90.9 Å². The van der Waals surface area contributed by atoms with E-state index in [2.05, 4.69) is 6.92 Å². The van der Waals surface area contributed by atoms with Crippen LogP contribution >= 0.6 is 0 Å². The van der Waals surface area contributed by atoms with Gasteiger partial charge in [0.25, 0.3) is 0 Å². The Morgan fingerprint density at radius 2 is 1.61 bits per heavy atom. The van der Waals surface area contributed by atoms with E-state index >= 15 is 0 Å². The van der Waals surface area contributed by atoms with Crippen molar-refractivity contribution in [2.45, 2.75) is 191 Å². The van der Waals surface area contributed by atoms with E-state index < -0.39 is 101 Å². The molecule has 13 heteroatoms. The molecular formula is C41H64O13. The third kappa shape index (κ3) is 6.56. The lowest BCUT2D eigenvalue weighted by Crippen LogP contribution is -2.78. The number of carbonyl (C=O) groups is 2. The molecule has 5 N–H and O–H groups in total. The van der Waals surface area contributed by atoms with Gasteiger partial charge in [-0.15, -0.1) is 0 Å². The molecule has 306 valence electrons. The lowest BCUT2D eigenvalue weighted by atomic mass is 9.42. The summed E-state index contributed by atoms with van der Waals surface area (Å²) in [4.78, 5) is 26.5. The maximum Gasteiger partial charge on any atom is 0.330 e. The van der Waals surface area contributed by atoms with Crippen LogP contribution in [0.4, 0.5) is 0 Å². The molecule has 16 atom stereocenters. The van der Waals surface area contributed by atoms with Crippen molar-refractivity contribution in [2.24, 2.45) is 22.7 Å². The van der Waals surface area contributed by atoms with Gasteiger partial charge >= 0.3 is 5.97 Å². The number of esters is 1. The highest BCUT2D eigenvalue weighted by Gasteiger charge is 2.81. The highest BCUT2D eigenvalue weighted by Crippen LogP contribution is 2.71. The van der Waals surface area contributed by atoms with Crippen molar-refractivity contribution in [3.05, 3.63) is 23.3 Å². The van der Waals surface area contributed by atoms with Gasteiger partial charge in [0, 0.05) is 31.9 Å². The summed E-state index contributed by atoms with van der Waals surface area (Å²) in [6.45, 7) is 14.3. The van der Waals surface area contributed by atoms with Crippen molar-refractivity contribution < 1.29 is 63.5 Å². The van der Waals surface area contributed by atoms with Crippen molar-refractivity contribution >= 4 is 11.8 Å². The SMILES string of the molecule is CO[C@H]1C[C@H](O[C@H]2[C@@H](O)C[C@H](O[C@H]3CC[C@@]4(C)C(=CC[C@]5(O)[C@@H]4C[C@@H](OC(=O)/C=C(\C)C(C)C)[C@@]4(C)[C@]5(O)CC[C@@]4(O)C(C)=O)C3)O[C@@H]2C)O[C@H](C)[C@H]1O. The Bertz CT molecular complexity index is 1480. The van der Waals surface area contributed by atoms with Crippen LogP contribution in [0.5, 0.6) is 0 Å². The highest BCUT2D eigenvalue weighted by atomic mass is 16.7. The van der Waals surface area contributed by atoms with Gasteiger partial charge < -0.3 is 54.0 Å². The molecule has 2 aliphatic heterocycles. The van der Waals surface area contributed by atoms with Crippen molar-refractivity contribution in [2.75, 3.05) is 7.11 Å². The smallest absolute Gasteiger partial charge is 0.330 e. The molecular weight excluding hydrogens is 700 g/mol. The Morgan fingerprint density at radius 1 is 0.944 bits per heavy atom. The first kappa shape index (κ1) is 41.8. The van der Waals surface area contributed by atoms with Gasteiger partial charge in [0.05, 0.1) is 35.9 Å². The van der Waals surface area contributed by atoms with E-state index in [9.17, 15) is 35.1 Å². The largest absolute Gasteiger partial charge is 0.458 e. The highest BCUT2D eigenvalue weighted by molar-refractivity contribution is 5.87. The number of ketones is 1. The first-order valence-electron chi connectivity index (χ1n) is 19.9. The Kier molecular flexibility index (Phi) is 11.5. The fourth-order valence-electron chi connectivity index (χ4n) is 11.0. The number of ether oxygens (including phenoxy) is 6. The molecule has 0 aromatic heterocycles. The van der Waals surface area contributed by atoms with Gasteiger partial charge in [0.1, 0.15) is 35.1 Å². The topological polar surface area (TPSA) is 191 Å². The summed E-state index contributed by atoms with van der Waals surface area (Å²) in [6, 6.07) is 0. The summed E-state index contributed by atoms with van der Waals surface area (Å²) in [5.41, 5.74) is -6.06. The molecule has 54 heavy (non-hydrogen) atoms. The predicted octanol–water partition coefficient (Wildman–Crippen LogP) is 3.40. The molecule has 0 unspecified atom stereocenters. The molecule has 0 amide bonds. The average Bonchev–Trinajstić information content (AvgIpc) is 3.33. The fourth-order valence-corrected chi connectivity index (χ4v) is 11.0. The third-order valence-electron chi connectivity index (χ3n) is 14.9. The number of methoxy groups -OCH3 is 1. The zero-order valence-electron chi connectivity index (χ0n) is 33.4. The minimum absolute atomic E-state index is 0.0302. The maximum absolute atomic E-state index is 13.4. The van der Waals surface area contributed by atoms with E-state index in [1.165, 1.54) is 20.1 Å².